The minimum absolute atomic E-state index is 0.0735. The number of carbonyl (C=O) groups is 2. The number of hydrogen-bond donors (Lipinski definition) is 1. The molecular weight excluding hydrogens is 208 g/mol. The van der Waals surface area contributed by atoms with E-state index in [0.717, 1.165) is 12.2 Å². The van der Waals surface area contributed by atoms with Crippen molar-refractivity contribution in [2.75, 3.05) is 5.75 Å². The van der Waals surface area contributed by atoms with E-state index in [1.54, 1.807) is 0 Å². The summed E-state index contributed by atoms with van der Waals surface area (Å²) in [6.45, 7) is 6.29. The van der Waals surface area contributed by atoms with E-state index in [0.29, 0.717) is 5.92 Å². The Morgan fingerprint density at radius 1 is 1.33 bits per heavy atom. The highest BCUT2D eigenvalue weighted by Crippen LogP contribution is 2.45. The van der Waals surface area contributed by atoms with Crippen LogP contribution in [0.25, 0.3) is 0 Å². The molecule has 0 aromatic rings. The number of Topliss-reactive ketones (excluding diaryl/α,β-unsaturated/α-hetero) is 1. The summed E-state index contributed by atoms with van der Waals surface area (Å²) in [6, 6.07) is 0. The largest absolute Gasteiger partial charge is 0.298 e. The van der Waals surface area contributed by atoms with E-state index in [2.05, 4.69) is 20.8 Å². The van der Waals surface area contributed by atoms with Crippen LogP contribution in [0.2, 0.25) is 0 Å². The highest BCUT2D eigenvalue weighted by molar-refractivity contribution is 8.31. The van der Waals surface area contributed by atoms with E-state index in [-0.39, 0.29) is 22.6 Å². The van der Waals surface area contributed by atoms with Gasteiger partial charge in [0.2, 0.25) is 0 Å². The van der Waals surface area contributed by atoms with Crippen molar-refractivity contribution in [2.24, 2.45) is 5.92 Å². The van der Waals surface area contributed by atoms with E-state index < -0.39 is 10.9 Å². The maximum Gasteiger partial charge on any atom is 0.177 e. The molecule has 2 nitrogen and oxygen atoms in total. The Hall–Kier alpha value is -0.310. The molecule has 2 atom stereocenters. The molecule has 1 heterocycles. The van der Waals surface area contributed by atoms with Gasteiger partial charge in [-0.25, -0.2) is 0 Å². The smallest absolute Gasteiger partial charge is 0.177 e. The van der Waals surface area contributed by atoms with Gasteiger partial charge in [-0.05, 0) is 18.1 Å². The van der Waals surface area contributed by atoms with Crippen molar-refractivity contribution in [2.45, 2.75) is 51.7 Å². The minimum Gasteiger partial charge on any atom is -0.298 e. The lowest BCUT2D eigenvalue weighted by atomic mass is 10.1. The van der Waals surface area contributed by atoms with Crippen LogP contribution in [-0.4, -0.2) is 21.9 Å². The Morgan fingerprint density at radius 3 is 2.53 bits per heavy atom. The van der Waals surface area contributed by atoms with E-state index in [9.17, 15) is 9.59 Å². The van der Waals surface area contributed by atoms with Gasteiger partial charge in [0.1, 0.15) is 0 Å². The van der Waals surface area contributed by atoms with Crippen molar-refractivity contribution in [3.05, 3.63) is 0 Å². The van der Waals surface area contributed by atoms with Crippen LogP contribution in [0.15, 0.2) is 0 Å². The predicted octanol–water partition coefficient (Wildman–Crippen LogP) is 2.70. The van der Waals surface area contributed by atoms with Gasteiger partial charge in [0, 0.05) is 0 Å². The normalized spacial score (nSPS) is 29.1. The van der Waals surface area contributed by atoms with Gasteiger partial charge in [-0.1, -0.05) is 33.6 Å². The predicted molar refractivity (Wildman–Crippen MR) is 66.6 cm³/mol. The first kappa shape index (κ1) is 12.8. The maximum absolute atomic E-state index is 11.7. The van der Waals surface area contributed by atoms with Gasteiger partial charge >= 0.3 is 0 Å². The lowest BCUT2D eigenvalue weighted by molar-refractivity contribution is -0.121. The van der Waals surface area contributed by atoms with Gasteiger partial charge in [-0.3, -0.25) is 9.59 Å². The zero-order chi connectivity index (χ0) is 11.4. The number of ketones is 1. The van der Waals surface area contributed by atoms with Crippen molar-refractivity contribution in [3.63, 3.8) is 0 Å². The van der Waals surface area contributed by atoms with E-state index >= 15 is 0 Å². The van der Waals surface area contributed by atoms with Crippen molar-refractivity contribution in [1.82, 2.24) is 0 Å². The van der Waals surface area contributed by atoms with Crippen molar-refractivity contribution in [1.29, 1.82) is 0 Å². The molecule has 0 bridgehead atoms. The zero-order valence-corrected chi connectivity index (χ0v) is 10.8. The lowest BCUT2D eigenvalue weighted by Crippen LogP contribution is -2.21. The summed E-state index contributed by atoms with van der Waals surface area (Å²) < 4.78 is 0. The van der Waals surface area contributed by atoms with Crippen LogP contribution in [0.4, 0.5) is 0 Å². The van der Waals surface area contributed by atoms with Crippen LogP contribution in [0, 0.1) is 5.92 Å². The topological polar surface area (TPSA) is 34.1 Å². The Labute approximate surface area is 95.2 Å². The third-order valence-electron chi connectivity index (χ3n) is 2.95. The summed E-state index contributed by atoms with van der Waals surface area (Å²) in [5, 5.41) is 0.328. The fourth-order valence-electron chi connectivity index (χ4n) is 2.21. The highest BCUT2D eigenvalue weighted by atomic mass is 32.2. The number of unbranched alkanes of at least 4 members (excludes halogenated alkanes) is 2. The molecule has 1 rings (SSSR count). The van der Waals surface area contributed by atoms with Gasteiger partial charge in [0.15, 0.2) is 10.9 Å². The summed E-state index contributed by atoms with van der Waals surface area (Å²) >= 11 is 0. The molecule has 0 aliphatic carbocycles. The summed E-state index contributed by atoms with van der Waals surface area (Å²) in [6.07, 6.45) is 3.70. The zero-order valence-electron chi connectivity index (χ0n) is 9.95. The highest BCUT2D eigenvalue weighted by Gasteiger charge is 2.39. The number of carbonyl (C=O) groups excluding carboxylic acids is 2. The van der Waals surface area contributed by atoms with Gasteiger partial charge in [-0.15, -0.1) is 0 Å². The molecule has 0 aromatic heterocycles. The van der Waals surface area contributed by atoms with Gasteiger partial charge < -0.3 is 0 Å². The third-order valence-corrected chi connectivity index (χ3v) is 6.10. The maximum atomic E-state index is 11.7. The third kappa shape index (κ3) is 3.07. The Balaban J connectivity index is 2.58. The molecule has 0 spiro atoms. The molecule has 0 radical (unpaired) electrons. The first-order valence-corrected chi connectivity index (χ1v) is 7.49. The van der Waals surface area contributed by atoms with Crippen LogP contribution in [0.1, 0.15) is 46.5 Å². The standard InChI is InChI=1S/C12H22O2S/c1-4-5-6-7-15-11(14)8-10(13)12(15)9(2)3/h9,12,15H,4-8H2,1-3H3. The lowest BCUT2D eigenvalue weighted by Gasteiger charge is -2.24. The summed E-state index contributed by atoms with van der Waals surface area (Å²) in [5.41, 5.74) is 0. The molecule has 2 unspecified atom stereocenters. The molecule has 0 saturated carbocycles. The van der Waals surface area contributed by atoms with E-state index in [1.807, 2.05) is 0 Å². The van der Waals surface area contributed by atoms with E-state index in [4.69, 9.17) is 0 Å². The molecule has 3 heteroatoms. The SMILES string of the molecule is CCCCC[SH]1C(=O)CC(=O)C1C(C)C. The molecular formula is C12H22O2S. The average Bonchev–Trinajstić information content (AvgIpc) is 2.42. The molecule has 1 saturated heterocycles. The summed E-state index contributed by atoms with van der Waals surface area (Å²) in [4.78, 5) is 23.4. The van der Waals surface area contributed by atoms with Gasteiger partial charge in [0.25, 0.3) is 0 Å². The number of hydrogen-bond acceptors (Lipinski definition) is 2. The molecule has 15 heavy (non-hydrogen) atoms. The van der Waals surface area contributed by atoms with Crippen LogP contribution >= 0.6 is 10.9 Å². The fraction of sp³-hybridized carbons (Fsp3) is 0.833. The fourth-order valence-corrected chi connectivity index (χ4v) is 5.13. The Kier molecular flexibility index (Phi) is 4.84. The Bertz CT molecular complexity index is 248. The van der Waals surface area contributed by atoms with Crippen molar-refractivity contribution >= 4 is 21.8 Å². The number of rotatable bonds is 5. The molecule has 1 aliphatic rings. The van der Waals surface area contributed by atoms with Crippen LogP contribution in [0.5, 0.6) is 0 Å². The molecule has 1 fully saturated rings. The monoisotopic (exact) mass is 230 g/mol. The van der Waals surface area contributed by atoms with Crippen LogP contribution < -0.4 is 0 Å². The molecule has 1 aliphatic heterocycles. The molecule has 0 N–H and O–H groups in total. The van der Waals surface area contributed by atoms with Crippen molar-refractivity contribution in [3.8, 4) is 0 Å². The summed E-state index contributed by atoms with van der Waals surface area (Å²) in [5.74, 6) is 1.53. The first-order chi connectivity index (χ1) is 7.07. The minimum atomic E-state index is -0.649. The number of thiol groups is 1. The quantitative estimate of drug-likeness (QED) is 0.447. The molecule has 0 amide bonds. The molecule has 0 aromatic carbocycles. The van der Waals surface area contributed by atoms with Gasteiger partial charge in [-0.2, -0.15) is 10.9 Å². The molecule has 88 valence electrons. The van der Waals surface area contributed by atoms with Gasteiger partial charge in [0.05, 0.1) is 11.7 Å². The second-order valence-electron chi connectivity index (χ2n) is 4.63. The van der Waals surface area contributed by atoms with Crippen LogP contribution in [-0.2, 0) is 9.59 Å². The second-order valence-corrected chi connectivity index (χ2v) is 7.07. The summed E-state index contributed by atoms with van der Waals surface area (Å²) in [7, 11) is -0.649. The van der Waals surface area contributed by atoms with Crippen molar-refractivity contribution < 1.29 is 9.59 Å². The first-order valence-electron chi connectivity index (χ1n) is 5.90. The van der Waals surface area contributed by atoms with Crippen LogP contribution in [0.3, 0.4) is 0 Å². The Morgan fingerprint density at radius 2 is 2.00 bits per heavy atom. The average molecular weight is 230 g/mol. The second kappa shape index (κ2) is 5.69. The van der Waals surface area contributed by atoms with E-state index in [1.165, 1.54) is 12.8 Å².